The number of aliphatic hydroxyl groups is 1. The van der Waals surface area contributed by atoms with Crippen LogP contribution in [0.2, 0.25) is 0 Å². The van der Waals surface area contributed by atoms with Crippen LogP contribution in [0, 0.1) is 11.8 Å². The first-order valence-corrected chi connectivity index (χ1v) is 15.7. The second-order valence-electron chi connectivity index (χ2n) is 11.6. The highest BCUT2D eigenvalue weighted by atomic mass is 79.9. The molecule has 0 saturated carbocycles. The number of fused-ring (bicyclic) bond motifs is 3. The van der Waals surface area contributed by atoms with Gasteiger partial charge in [0.25, 0.3) is 5.91 Å². The smallest absolute Gasteiger partial charge is 0.313 e. The lowest BCUT2D eigenvalue weighted by Crippen LogP contribution is -2.56. The van der Waals surface area contributed by atoms with Gasteiger partial charge in [0, 0.05) is 30.6 Å². The summed E-state index contributed by atoms with van der Waals surface area (Å²) in [5.74, 6) is -3.53. The predicted molar refractivity (Wildman–Crippen MR) is 160 cm³/mol. The SMILES string of the molecule is C[C@@H]1CNC(=O)CC/C=C\CN(Cn2nnc3ccccc32)C(=O)[C@@H]2N(CCCCO)C(=O)[C@H]3[C@H](C(=O)O1)[C@H]1O[C@@]23C=C1Br. The fourth-order valence-corrected chi connectivity index (χ4v) is 7.41. The first kappa shape index (κ1) is 30.4. The highest BCUT2D eigenvalue weighted by Crippen LogP contribution is 2.59. The minimum Gasteiger partial charge on any atom is -0.460 e. The molecule has 4 aliphatic rings. The van der Waals surface area contributed by atoms with Crippen molar-refractivity contribution in [3.8, 4) is 0 Å². The van der Waals surface area contributed by atoms with Crippen molar-refractivity contribution < 1.29 is 33.8 Å². The third kappa shape index (κ3) is 5.32. The summed E-state index contributed by atoms with van der Waals surface area (Å²) in [6.07, 6.45) is 5.56. The number of allylic oxidation sites excluding steroid dienone is 1. The van der Waals surface area contributed by atoms with Crippen LogP contribution in [0.3, 0.4) is 0 Å². The van der Waals surface area contributed by atoms with E-state index in [0.29, 0.717) is 29.3 Å². The van der Waals surface area contributed by atoms with Crippen LogP contribution in [0.5, 0.6) is 0 Å². The van der Waals surface area contributed by atoms with Gasteiger partial charge in [-0.1, -0.05) is 45.4 Å². The Bertz CT molecular complexity index is 1530. The van der Waals surface area contributed by atoms with Crippen molar-refractivity contribution in [1.29, 1.82) is 0 Å². The van der Waals surface area contributed by atoms with E-state index in [1.54, 1.807) is 22.6 Å². The number of aliphatic hydroxyl groups excluding tert-OH is 1. The number of rotatable bonds is 6. The number of ether oxygens (including phenoxy) is 2. The van der Waals surface area contributed by atoms with Gasteiger partial charge >= 0.3 is 5.97 Å². The average molecular weight is 672 g/mol. The van der Waals surface area contributed by atoms with Gasteiger partial charge in [-0.05, 0) is 44.4 Å². The molecule has 6 rings (SSSR count). The molecule has 5 bridgehead atoms. The van der Waals surface area contributed by atoms with Crippen molar-refractivity contribution in [3.63, 3.8) is 0 Å². The van der Waals surface area contributed by atoms with Crippen LogP contribution in [0.15, 0.2) is 47.0 Å². The van der Waals surface area contributed by atoms with Crippen LogP contribution in [-0.2, 0) is 35.3 Å². The van der Waals surface area contributed by atoms with E-state index in [4.69, 9.17) is 9.47 Å². The number of para-hydroxylation sites is 1. The number of carbonyl (C=O) groups is 4. The van der Waals surface area contributed by atoms with Crippen molar-refractivity contribution in [2.75, 3.05) is 26.2 Å². The fourth-order valence-electron chi connectivity index (χ4n) is 6.67. The summed E-state index contributed by atoms with van der Waals surface area (Å²) in [4.78, 5) is 58.1. The number of hydrogen-bond donors (Lipinski definition) is 2. The lowest BCUT2D eigenvalue weighted by Gasteiger charge is -2.35. The Morgan fingerprint density at radius 1 is 1.14 bits per heavy atom. The van der Waals surface area contributed by atoms with Gasteiger partial charge < -0.3 is 29.7 Å². The zero-order chi connectivity index (χ0) is 31.0. The maximum absolute atomic E-state index is 14.7. The number of aromatic nitrogens is 3. The minimum absolute atomic E-state index is 0.0391. The number of hydrogen-bond acceptors (Lipinski definition) is 9. The van der Waals surface area contributed by atoms with Crippen molar-refractivity contribution in [2.45, 2.75) is 63.1 Å². The Balaban J connectivity index is 1.42. The molecular formula is C30H35BrN6O7. The number of nitrogens with zero attached hydrogens (tertiary/aromatic N) is 5. The van der Waals surface area contributed by atoms with Crippen LogP contribution in [0.4, 0.5) is 0 Å². The summed E-state index contributed by atoms with van der Waals surface area (Å²) in [6, 6.07) is 6.34. The summed E-state index contributed by atoms with van der Waals surface area (Å²) in [5.41, 5.74) is 0.00563. The molecule has 14 heteroatoms. The first-order chi connectivity index (χ1) is 21.2. The predicted octanol–water partition coefficient (Wildman–Crippen LogP) is 1.26. The number of halogens is 1. The summed E-state index contributed by atoms with van der Waals surface area (Å²) < 4.78 is 14.4. The molecule has 5 heterocycles. The van der Waals surface area contributed by atoms with Gasteiger partial charge in [-0.2, -0.15) is 0 Å². The number of nitrogens with one attached hydrogen (secondary N) is 1. The lowest BCUT2D eigenvalue weighted by atomic mass is 9.74. The van der Waals surface area contributed by atoms with E-state index < -0.39 is 41.7 Å². The number of esters is 1. The average Bonchev–Trinajstić information content (AvgIpc) is 3.72. The molecule has 3 amide bonds. The normalized spacial score (nSPS) is 31.7. The molecule has 1 aromatic heterocycles. The molecule has 234 valence electrons. The number of carbonyl (C=O) groups excluding carboxylic acids is 4. The monoisotopic (exact) mass is 670 g/mol. The molecule has 6 atom stereocenters. The first-order valence-electron chi connectivity index (χ1n) is 14.9. The maximum atomic E-state index is 14.7. The maximum Gasteiger partial charge on any atom is 0.313 e. The second-order valence-corrected chi connectivity index (χ2v) is 12.5. The standard InChI is InChI=1S/C30H35BrN6O7/c1-18-16-32-22(39)11-3-2-6-12-35(17-37-21-10-5-4-9-20(21)33-34-37)28(41)26-30-15-19(31)25(44-30)23(29(42)43-18)24(30)27(40)36(26)13-7-8-14-38/h2,4-6,9-10,15,18,23-26,38H,3,7-8,11-14,16-17H2,1H3,(H,32,39)/b6-2-/t18-,23+,24-,25+,26+,30-/m1/s1. The quantitative estimate of drug-likeness (QED) is 0.262. The molecule has 1 aromatic carbocycles. The number of unbranched alkanes of at least 4 members (excludes halogenated alkanes) is 1. The highest BCUT2D eigenvalue weighted by Gasteiger charge is 2.74. The molecule has 2 saturated heterocycles. The summed E-state index contributed by atoms with van der Waals surface area (Å²) in [5, 5.41) is 20.8. The van der Waals surface area contributed by atoms with Crippen LogP contribution < -0.4 is 5.32 Å². The van der Waals surface area contributed by atoms with Crippen molar-refractivity contribution in [2.24, 2.45) is 11.8 Å². The summed E-state index contributed by atoms with van der Waals surface area (Å²) in [6.45, 7) is 2.16. The molecule has 44 heavy (non-hydrogen) atoms. The van der Waals surface area contributed by atoms with E-state index in [0.717, 1.165) is 5.52 Å². The topological polar surface area (TPSA) is 156 Å². The van der Waals surface area contributed by atoms with Gasteiger partial charge in [-0.15, -0.1) is 5.10 Å². The Hall–Kier alpha value is -3.62. The molecule has 0 radical (unpaired) electrons. The zero-order valence-corrected chi connectivity index (χ0v) is 25.9. The van der Waals surface area contributed by atoms with E-state index in [1.165, 1.54) is 4.90 Å². The second kappa shape index (κ2) is 12.4. The van der Waals surface area contributed by atoms with Crippen LogP contribution in [-0.4, -0.2) is 104 Å². The lowest BCUT2D eigenvalue weighted by molar-refractivity contribution is -0.158. The molecule has 2 fully saturated rings. The van der Waals surface area contributed by atoms with Crippen LogP contribution in [0.1, 0.15) is 32.6 Å². The van der Waals surface area contributed by atoms with Gasteiger partial charge in [0.15, 0.2) is 0 Å². The largest absolute Gasteiger partial charge is 0.460 e. The number of amides is 3. The fraction of sp³-hybridized carbons (Fsp3) is 0.533. The van der Waals surface area contributed by atoms with Crippen molar-refractivity contribution in [3.05, 3.63) is 47.0 Å². The molecule has 2 aromatic rings. The van der Waals surface area contributed by atoms with E-state index >= 15 is 0 Å². The zero-order valence-electron chi connectivity index (χ0n) is 24.3. The van der Waals surface area contributed by atoms with Crippen molar-refractivity contribution in [1.82, 2.24) is 30.1 Å². The molecule has 2 N–H and O–H groups in total. The number of benzene rings is 1. The number of cyclic esters (lactones) is 1. The van der Waals surface area contributed by atoms with Crippen molar-refractivity contribution >= 4 is 50.7 Å². The van der Waals surface area contributed by atoms with E-state index in [2.05, 4.69) is 31.6 Å². The Kier molecular flexibility index (Phi) is 8.57. The number of likely N-dealkylation sites (tertiary alicyclic amines) is 1. The summed E-state index contributed by atoms with van der Waals surface area (Å²) >= 11 is 3.54. The van der Waals surface area contributed by atoms with E-state index in [9.17, 15) is 24.3 Å². The Morgan fingerprint density at radius 2 is 1.95 bits per heavy atom. The third-order valence-corrected chi connectivity index (χ3v) is 9.39. The minimum atomic E-state index is -1.40. The van der Waals surface area contributed by atoms with Gasteiger partial charge in [0.1, 0.15) is 42.0 Å². The van der Waals surface area contributed by atoms with Gasteiger partial charge in [-0.25, -0.2) is 4.68 Å². The summed E-state index contributed by atoms with van der Waals surface area (Å²) in [7, 11) is 0. The van der Waals surface area contributed by atoms with E-state index in [-0.39, 0.29) is 57.1 Å². The van der Waals surface area contributed by atoms with Gasteiger partial charge in [-0.3, -0.25) is 19.2 Å². The molecule has 0 aliphatic carbocycles. The van der Waals surface area contributed by atoms with Crippen LogP contribution >= 0.6 is 15.9 Å². The van der Waals surface area contributed by atoms with Gasteiger partial charge in [0.2, 0.25) is 11.8 Å². The Morgan fingerprint density at radius 3 is 2.77 bits per heavy atom. The molecule has 1 spiro atoms. The van der Waals surface area contributed by atoms with Crippen LogP contribution in [0.25, 0.3) is 11.0 Å². The van der Waals surface area contributed by atoms with E-state index in [1.807, 2.05) is 36.4 Å². The highest BCUT2D eigenvalue weighted by molar-refractivity contribution is 9.11. The Labute approximate surface area is 262 Å². The molecule has 4 aliphatic heterocycles. The molecular weight excluding hydrogens is 636 g/mol. The van der Waals surface area contributed by atoms with Gasteiger partial charge in [0.05, 0.1) is 18.0 Å². The third-order valence-electron chi connectivity index (χ3n) is 8.71. The molecule has 13 nitrogen and oxygen atoms in total. The molecule has 0 unspecified atom stereocenters.